The minimum Gasteiger partial charge on any atom is -0.497 e. The lowest BCUT2D eigenvalue weighted by Gasteiger charge is -2.37. The molecular weight excluding hydrogens is 346 g/mol. The van der Waals surface area contributed by atoms with E-state index in [0.29, 0.717) is 6.04 Å². The molecular formula is C25H27NO2. The van der Waals surface area contributed by atoms with Crippen LogP contribution in [0.4, 0.5) is 0 Å². The fourth-order valence-electron chi connectivity index (χ4n) is 4.11. The van der Waals surface area contributed by atoms with Crippen LogP contribution in [0.5, 0.6) is 11.5 Å². The van der Waals surface area contributed by atoms with Gasteiger partial charge in [0.05, 0.1) is 14.2 Å². The van der Waals surface area contributed by atoms with E-state index < -0.39 is 0 Å². The van der Waals surface area contributed by atoms with Crippen LogP contribution in [-0.2, 0) is 25.9 Å². The molecule has 144 valence electrons. The Bertz CT molecular complexity index is 901. The Hall–Kier alpha value is -2.78. The van der Waals surface area contributed by atoms with E-state index in [1.165, 1.54) is 22.3 Å². The van der Waals surface area contributed by atoms with Gasteiger partial charge >= 0.3 is 0 Å². The minimum absolute atomic E-state index is 0.467. The first-order valence-corrected chi connectivity index (χ1v) is 9.82. The van der Waals surface area contributed by atoms with Crippen molar-refractivity contribution in [1.29, 1.82) is 0 Å². The number of rotatable bonds is 6. The lowest BCUT2D eigenvalue weighted by Crippen LogP contribution is -2.41. The van der Waals surface area contributed by atoms with E-state index in [1.54, 1.807) is 14.2 Å². The molecule has 1 heterocycles. The Balaban J connectivity index is 1.62. The Morgan fingerprint density at radius 3 is 2.11 bits per heavy atom. The SMILES string of the molecule is COc1cc(CN2Cc3ccccc3C[C@@H]2Cc2ccccc2)cc(OC)c1. The summed E-state index contributed by atoms with van der Waals surface area (Å²) in [7, 11) is 3.40. The van der Waals surface area contributed by atoms with Crippen molar-refractivity contribution in [3.05, 3.63) is 95.1 Å². The molecule has 28 heavy (non-hydrogen) atoms. The number of benzene rings is 3. The van der Waals surface area contributed by atoms with E-state index in [4.69, 9.17) is 9.47 Å². The highest BCUT2D eigenvalue weighted by Gasteiger charge is 2.26. The fraction of sp³-hybridized carbons (Fsp3) is 0.280. The maximum atomic E-state index is 5.47. The lowest BCUT2D eigenvalue weighted by molar-refractivity contribution is 0.161. The molecule has 0 aromatic heterocycles. The predicted molar refractivity (Wildman–Crippen MR) is 113 cm³/mol. The molecule has 1 aliphatic rings. The molecule has 1 aliphatic heterocycles. The van der Waals surface area contributed by atoms with Crippen LogP contribution in [0.25, 0.3) is 0 Å². The zero-order valence-electron chi connectivity index (χ0n) is 16.6. The summed E-state index contributed by atoms with van der Waals surface area (Å²) in [5, 5.41) is 0. The van der Waals surface area contributed by atoms with E-state index in [1.807, 2.05) is 6.07 Å². The maximum Gasteiger partial charge on any atom is 0.122 e. The molecule has 1 atom stereocenters. The van der Waals surface area contributed by atoms with Crippen LogP contribution in [0.3, 0.4) is 0 Å². The van der Waals surface area contributed by atoms with Gasteiger partial charge in [-0.15, -0.1) is 0 Å². The van der Waals surface area contributed by atoms with Gasteiger partial charge in [-0.25, -0.2) is 0 Å². The van der Waals surface area contributed by atoms with Crippen molar-refractivity contribution in [3.8, 4) is 11.5 Å². The second kappa shape index (κ2) is 8.49. The van der Waals surface area contributed by atoms with Crippen LogP contribution < -0.4 is 9.47 Å². The van der Waals surface area contributed by atoms with Crippen molar-refractivity contribution in [1.82, 2.24) is 4.90 Å². The quantitative estimate of drug-likeness (QED) is 0.615. The molecule has 0 fully saturated rings. The van der Waals surface area contributed by atoms with Crippen molar-refractivity contribution in [2.24, 2.45) is 0 Å². The molecule has 0 aliphatic carbocycles. The van der Waals surface area contributed by atoms with Crippen molar-refractivity contribution in [3.63, 3.8) is 0 Å². The Kier molecular flexibility index (Phi) is 5.63. The number of hydrogen-bond donors (Lipinski definition) is 0. The molecule has 0 unspecified atom stereocenters. The van der Waals surface area contributed by atoms with E-state index >= 15 is 0 Å². The summed E-state index contributed by atoms with van der Waals surface area (Å²) < 4.78 is 10.9. The fourth-order valence-corrected chi connectivity index (χ4v) is 4.11. The van der Waals surface area contributed by atoms with Gasteiger partial charge in [-0.05, 0) is 47.2 Å². The van der Waals surface area contributed by atoms with E-state index in [2.05, 4.69) is 71.6 Å². The normalized spacial score (nSPS) is 16.4. The number of ether oxygens (including phenoxy) is 2. The Morgan fingerprint density at radius 2 is 1.43 bits per heavy atom. The molecule has 0 saturated heterocycles. The third kappa shape index (κ3) is 4.20. The van der Waals surface area contributed by atoms with E-state index in [-0.39, 0.29) is 0 Å². The first-order valence-electron chi connectivity index (χ1n) is 9.82. The van der Waals surface area contributed by atoms with Crippen LogP contribution in [0.15, 0.2) is 72.8 Å². The summed E-state index contributed by atoms with van der Waals surface area (Å²) in [4.78, 5) is 2.59. The predicted octanol–water partition coefficient (Wildman–Crippen LogP) is 4.87. The number of fused-ring (bicyclic) bond motifs is 1. The topological polar surface area (TPSA) is 21.7 Å². The van der Waals surface area contributed by atoms with Crippen molar-refractivity contribution >= 4 is 0 Å². The van der Waals surface area contributed by atoms with Crippen LogP contribution in [0, 0.1) is 0 Å². The summed E-state index contributed by atoms with van der Waals surface area (Å²) >= 11 is 0. The minimum atomic E-state index is 0.467. The second-order valence-corrected chi connectivity index (χ2v) is 7.44. The van der Waals surface area contributed by atoms with Crippen molar-refractivity contribution < 1.29 is 9.47 Å². The van der Waals surface area contributed by atoms with Gasteiger partial charge < -0.3 is 9.47 Å². The highest BCUT2D eigenvalue weighted by molar-refractivity contribution is 5.39. The maximum absolute atomic E-state index is 5.47. The molecule has 3 nitrogen and oxygen atoms in total. The van der Waals surface area contributed by atoms with Gasteiger partial charge in [-0.1, -0.05) is 54.6 Å². The van der Waals surface area contributed by atoms with Gasteiger partial charge in [0.2, 0.25) is 0 Å². The molecule has 0 saturated carbocycles. The van der Waals surface area contributed by atoms with Gasteiger partial charge in [-0.2, -0.15) is 0 Å². The Morgan fingerprint density at radius 1 is 0.786 bits per heavy atom. The van der Waals surface area contributed by atoms with Gasteiger partial charge in [0.25, 0.3) is 0 Å². The third-order valence-electron chi connectivity index (χ3n) is 5.57. The number of nitrogens with zero attached hydrogens (tertiary/aromatic N) is 1. The van der Waals surface area contributed by atoms with Gasteiger partial charge in [0.15, 0.2) is 0 Å². The molecule has 0 amide bonds. The summed E-state index contributed by atoms with van der Waals surface area (Å²) in [6.07, 6.45) is 2.13. The van der Waals surface area contributed by atoms with Crippen LogP contribution in [0.2, 0.25) is 0 Å². The smallest absolute Gasteiger partial charge is 0.122 e. The second-order valence-electron chi connectivity index (χ2n) is 7.44. The summed E-state index contributed by atoms with van der Waals surface area (Å²) in [6, 6.07) is 26.3. The lowest BCUT2D eigenvalue weighted by atomic mass is 9.90. The van der Waals surface area contributed by atoms with Gasteiger partial charge in [0.1, 0.15) is 11.5 Å². The third-order valence-corrected chi connectivity index (χ3v) is 5.57. The first kappa shape index (κ1) is 18.6. The highest BCUT2D eigenvalue weighted by atomic mass is 16.5. The standard InChI is InChI=1S/C25H27NO2/c1-27-24-13-20(14-25(16-24)28-2)17-26-18-22-11-7-6-10-21(22)15-23(26)12-19-8-4-3-5-9-19/h3-11,13-14,16,23H,12,15,17-18H2,1-2H3/t23-/m0/s1. The summed E-state index contributed by atoms with van der Waals surface area (Å²) in [6.45, 7) is 1.84. The highest BCUT2D eigenvalue weighted by Crippen LogP contribution is 2.29. The zero-order chi connectivity index (χ0) is 19.3. The van der Waals surface area contributed by atoms with Gasteiger partial charge in [0, 0.05) is 25.2 Å². The average molecular weight is 373 g/mol. The molecule has 3 heteroatoms. The molecule has 3 aromatic carbocycles. The van der Waals surface area contributed by atoms with E-state index in [0.717, 1.165) is 37.4 Å². The Labute approximate surface area is 167 Å². The molecule has 4 rings (SSSR count). The molecule has 0 radical (unpaired) electrons. The summed E-state index contributed by atoms with van der Waals surface area (Å²) in [5.74, 6) is 1.68. The van der Waals surface area contributed by atoms with Crippen LogP contribution in [-0.4, -0.2) is 25.2 Å². The monoisotopic (exact) mass is 373 g/mol. The molecule has 0 spiro atoms. The average Bonchev–Trinajstić information content (AvgIpc) is 2.74. The number of hydrogen-bond acceptors (Lipinski definition) is 3. The van der Waals surface area contributed by atoms with Gasteiger partial charge in [-0.3, -0.25) is 4.90 Å². The zero-order valence-corrected chi connectivity index (χ0v) is 16.6. The van der Waals surface area contributed by atoms with Crippen molar-refractivity contribution in [2.75, 3.05) is 14.2 Å². The first-order chi connectivity index (χ1) is 13.7. The van der Waals surface area contributed by atoms with Crippen LogP contribution >= 0.6 is 0 Å². The molecule has 0 N–H and O–H groups in total. The van der Waals surface area contributed by atoms with Crippen LogP contribution in [0.1, 0.15) is 22.3 Å². The summed E-state index contributed by atoms with van der Waals surface area (Å²) in [5.41, 5.74) is 5.51. The molecule has 0 bridgehead atoms. The van der Waals surface area contributed by atoms with Crippen molar-refractivity contribution in [2.45, 2.75) is 32.0 Å². The van der Waals surface area contributed by atoms with E-state index in [9.17, 15) is 0 Å². The largest absolute Gasteiger partial charge is 0.497 e. The molecule has 3 aromatic rings. The number of methoxy groups -OCH3 is 2.